The van der Waals surface area contributed by atoms with Gasteiger partial charge in [-0.25, -0.2) is 4.79 Å². The fourth-order valence-electron chi connectivity index (χ4n) is 4.58. The smallest absolute Gasteiger partial charge is 0.336 e. The number of hydrogen-bond donors (Lipinski definition) is 1. The first-order valence-corrected chi connectivity index (χ1v) is 11.8. The van der Waals surface area contributed by atoms with Crippen molar-refractivity contribution in [1.82, 2.24) is 5.32 Å². The Bertz CT molecular complexity index is 1170. The Morgan fingerprint density at radius 2 is 1.91 bits per heavy atom. The average Bonchev–Trinajstić information content (AvgIpc) is 2.83. The van der Waals surface area contributed by atoms with Crippen molar-refractivity contribution in [3.05, 3.63) is 81.2 Å². The van der Waals surface area contributed by atoms with Gasteiger partial charge in [0.2, 0.25) is 0 Å². The number of esters is 1. The van der Waals surface area contributed by atoms with Crippen molar-refractivity contribution in [3.8, 4) is 11.5 Å². The van der Waals surface area contributed by atoms with Crippen molar-refractivity contribution in [2.45, 2.75) is 45.6 Å². The fraction of sp³-hybridized carbons (Fsp3) is 0.333. The van der Waals surface area contributed by atoms with E-state index >= 15 is 0 Å². The number of ketones is 1. The van der Waals surface area contributed by atoms with Crippen LogP contribution in [0.5, 0.6) is 11.5 Å². The van der Waals surface area contributed by atoms with E-state index < -0.39 is 11.9 Å². The van der Waals surface area contributed by atoms with Crippen molar-refractivity contribution < 1.29 is 23.8 Å². The first-order chi connectivity index (χ1) is 16.4. The van der Waals surface area contributed by atoms with Crippen LogP contribution in [0, 0.1) is 0 Å². The normalized spacial score (nSPS) is 17.8. The number of dihydropyridines is 1. The zero-order chi connectivity index (χ0) is 24.2. The van der Waals surface area contributed by atoms with Gasteiger partial charge in [-0.1, -0.05) is 17.7 Å². The van der Waals surface area contributed by atoms with Gasteiger partial charge in [0.1, 0.15) is 18.1 Å². The summed E-state index contributed by atoms with van der Waals surface area (Å²) in [5.41, 5.74) is 4.34. The van der Waals surface area contributed by atoms with Gasteiger partial charge < -0.3 is 19.5 Å². The summed E-state index contributed by atoms with van der Waals surface area (Å²) in [5.74, 6) is 0.465. The number of allylic oxidation sites excluding steroid dienone is 3. The SMILES string of the molecule is CCOC(=O)C1=C(C)NC2=C(C(=O)CCC2)[C@@H]1c1ccc(OC)c(COc2ccc(Cl)cc2)c1. The van der Waals surface area contributed by atoms with E-state index in [9.17, 15) is 9.59 Å². The molecule has 1 aliphatic heterocycles. The molecule has 2 aromatic rings. The van der Waals surface area contributed by atoms with Crippen LogP contribution in [0.3, 0.4) is 0 Å². The van der Waals surface area contributed by atoms with Crippen LogP contribution >= 0.6 is 11.6 Å². The van der Waals surface area contributed by atoms with Gasteiger partial charge in [-0.2, -0.15) is 0 Å². The van der Waals surface area contributed by atoms with Crippen molar-refractivity contribution in [2.24, 2.45) is 0 Å². The molecule has 0 radical (unpaired) electrons. The highest BCUT2D eigenvalue weighted by atomic mass is 35.5. The molecule has 34 heavy (non-hydrogen) atoms. The predicted octanol–water partition coefficient (Wildman–Crippen LogP) is 5.46. The van der Waals surface area contributed by atoms with Gasteiger partial charge >= 0.3 is 5.97 Å². The number of carbonyl (C=O) groups excluding carboxylic acids is 2. The summed E-state index contributed by atoms with van der Waals surface area (Å²) in [4.78, 5) is 26.1. The molecule has 0 saturated heterocycles. The van der Waals surface area contributed by atoms with E-state index in [1.165, 1.54) is 0 Å². The van der Waals surface area contributed by atoms with Gasteiger partial charge in [0.15, 0.2) is 5.78 Å². The summed E-state index contributed by atoms with van der Waals surface area (Å²) in [6.45, 7) is 4.14. The minimum absolute atomic E-state index is 0.0582. The summed E-state index contributed by atoms with van der Waals surface area (Å²) in [6, 6.07) is 12.8. The number of ether oxygens (including phenoxy) is 3. The quantitative estimate of drug-likeness (QED) is 0.529. The molecular weight excluding hydrogens is 454 g/mol. The van der Waals surface area contributed by atoms with Gasteiger partial charge in [0.25, 0.3) is 0 Å². The molecule has 6 nitrogen and oxygen atoms in total. The van der Waals surface area contributed by atoms with Gasteiger partial charge in [-0.15, -0.1) is 0 Å². The molecule has 1 N–H and O–H groups in total. The van der Waals surface area contributed by atoms with Gasteiger partial charge in [0, 0.05) is 39.9 Å². The maximum Gasteiger partial charge on any atom is 0.336 e. The van der Waals surface area contributed by atoms with Crippen LogP contribution in [0.4, 0.5) is 0 Å². The second-order valence-corrected chi connectivity index (χ2v) is 8.74. The molecule has 1 aliphatic carbocycles. The molecule has 0 unspecified atom stereocenters. The van der Waals surface area contributed by atoms with Crippen molar-refractivity contribution in [2.75, 3.05) is 13.7 Å². The van der Waals surface area contributed by atoms with Crippen LogP contribution in [-0.2, 0) is 20.9 Å². The second-order valence-electron chi connectivity index (χ2n) is 8.30. The molecule has 1 heterocycles. The first kappa shape index (κ1) is 23.9. The fourth-order valence-corrected chi connectivity index (χ4v) is 4.70. The lowest BCUT2D eigenvalue weighted by atomic mass is 9.75. The van der Waals surface area contributed by atoms with E-state index in [1.807, 2.05) is 25.1 Å². The number of nitrogens with one attached hydrogen (secondary N) is 1. The Morgan fingerprint density at radius 3 is 2.62 bits per heavy atom. The van der Waals surface area contributed by atoms with E-state index in [-0.39, 0.29) is 19.0 Å². The molecule has 2 aliphatic rings. The molecule has 4 rings (SSSR count). The Kier molecular flexibility index (Phi) is 7.27. The predicted molar refractivity (Wildman–Crippen MR) is 130 cm³/mol. The molecular formula is C27H28ClNO5. The average molecular weight is 482 g/mol. The minimum Gasteiger partial charge on any atom is -0.496 e. The highest BCUT2D eigenvalue weighted by molar-refractivity contribution is 6.30. The number of halogens is 1. The van der Waals surface area contributed by atoms with Gasteiger partial charge in [0.05, 0.1) is 19.3 Å². The molecule has 0 aromatic heterocycles. The zero-order valence-corrected chi connectivity index (χ0v) is 20.3. The van der Waals surface area contributed by atoms with Crippen LogP contribution in [0.25, 0.3) is 0 Å². The Hall–Kier alpha value is -3.25. The third-order valence-electron chi connectivity index (χ3n) is 6.12. The van der Waals surface area contributed by atoms with Crippen LogP contribution in [0.2, 0.25) is 5.02 Å². The van der Waals surface area contributed by atoms with E-state index in [0.717, 1.165) is 29.7 Å². The van der Waals surface area contributed by atoms with Gasteiger partial charge in [-0.05, 0) is 68.7 Å². The van der Waals surface area contributed by atoms with Crippen LogP contribution in [0.15, 0.2) is 65.0 Å². The van der Waals surface area contributed by atoms with Crippen molar-refractivity contribution >= 4 is 23.4 Å². The summed E-state index contributed by atoms with van der Waals surface area (Å²) in [5, 5.41) is 3.94. The molecule has 0 bridgehead atoms. The molecule has 178 valence electrons. The number of carbonyl (C=O) groups is 2. The zero-order valence-electron chi connectivity index (χ0n) is 19.6. The third kappa shape index (κ3) is 4.82. The van der Waals surface area contributed by atoms with E-state index in [1.54, 1.807) is 38.3 Å². The molecule has 0 saturated carbocycles. The summed E-state index contributed by atoms with van der Waals surface area (Å²) >= 11 is 5.97. The van der Waals surface area contributed by atoms with Crippen molar-refractivity contribution in [1.29, 1.82) is 0 Å². The highest BCUT2D eigenvalue weighted by Crippen LogP contribution is 2.43. The maximum absolute atomic E-state index is 13.1. The molecule has 7 heteroatoms. The highest BCUT2D eigenvalue weighted by Gasteiger charge is 2.39. The van der Waals surface area contributed by atoms with Crippen LogP contribution in [-0.4, -0.2) is 25.5 Å². The van der Waals surface area contributed by atoms with E-state index in [0.29, 0.717) is 39.8 Å². The summed E-state index contributed by atoms with van der Waals surface area (Å²) < 4.78 is 16.9. The summed E-state index contributed by atoms with van der Waals surface area (Å²) in [6.07, 6.45) is 2.03. The molecule has 0 amide bonds. The van der Waals surface area contributed by atoms with E-state index in [2.05, 4.69) is 5.32 Å². The number of hydrogen-bond acceptors (Lipinski definition) is 6. The maximum atomic E-state index is 13.1. The molecule has 0 spiro atoms. The number of methoxy groups -OCH3 is 1. The monoisotopic (exact) mass is 481 g/mol. The summed E-state index contributed by atoms with van der Waals surface area (Å²) in [7, 11) is 1.60. The largest absolute Gasteiger partial charge is 0.496 e. The number of benzene rings is 2. The number of Topliss-reactive ketones (excluding diaryl/α,β-unsaturated/α-hetero) is 1. The van der Waals surface area contributed by atoms with Crippen molar-refractivity contribution in [3.63, 3.8) is 0 Å². The standard InChI is InChI=1S/C27H28ClNO5/c1-4-33-27(31)24-16(2)29-21-6-5-7-22(30)26(21)25(24)17-8-13-23(32-3)18(14-17)15-34-20-11-9-19(28)10-12-20/h8-14,25,29H,4-7,15H2,1-3H3/t25-/m1/s1. The second kappa shape index (κ2) is 10.3. The molecule has 1 atom stereocenters. The van der Waals surface area contributed by atoms with Gasteiger partial charge in [-0.3, -0.25) is 4.79 Å². The van der Waals surface area contributed by atoms with Crippen LogP contribution < -0.4 is 14.8 Å². The van der Waals surface area contributed by atoms with E-state index in [4.69, 9.17) is 25.8 Å². The Morgan fingerprint density at radius 1 is 1.15 bits per heavy atom. The lowest BCUT2D eigenvalue weighted by Gasteiger charge is -2.34. The third-order valence-corrected chi connectivity index (χ3v) is 6.37. The lowest BCUT2D eigenvalue weighted by molar-refractivity contribution is -0.138. The Balaban J connectivity index is 1.75. The Labute approximate surface area is 204 Å². The molecule has 0 fully saturated rings. The first-order valence-electron chi connectivity index (χ1n) is 11.4. The van der Waals surface area contributed by atoms with Crippen LogP contribution in [0.1, 0.15) is 50.2 Å². The minimum atomic E-state index is -0.511. The lowest BCUT2D eigenvalue weighted by Crippen LogP contribution is -2.34. The number of rotatable bonds is 7. The topological polar surface area (TPSA) is 73.9 Å². The molecule has 2 aromatic carbocycles.